The first kappa shape index (κ1) is 20.0. The lowest BCUT2D eigenvalue weighted by Gasteiger charge is -2.01. The van der Waals surface area contributed by atoms with E-state index in [9.17, 15) is 4.79 Å². The highest BCUT2D eigenvalue weighted by Gasteiger charge is 2.08. The van der Waals surface area contributed by atoms with Crippen LogP contribution in [0.1, 0.15) is 27.0 Å². The van der Waals surface area contributed by atoms with Crippen molar-refractivity contribution in [3.05, 3.63) is 101 Å². The first-order valence-corrected chi connectivity index (χ1v) is 9.86. The SMILES string of the molecule is O=C(O)c1ccc(Cn2nnc(-c3cccc(CC#CCc4ccccc4)c3)n2)cc1. The molecule has 0 bridgehead atoms. The standard InChI is InChI=1S/C25H20N4O2/c30-25(31)22-15-13-21(14-16-22)18-29-27-24(26-28-29)23-12-6-11-20(17-23)10-5-4-9-19-7-2-1-3-8-19/h1-3,6-8,11-17H,9-10,18H2,(H,30,31). The third-order valence-electron chi connectivity index (χ3n) is 4.72. The van der Waals surface area contributed by atoms with E-state index in [4.69, 9.17) is 5.11 Å². The molecule has 0 atom stereocenters. The molecule has 0 saturated carbocycles. The van der Waals surface area contributed by atoms with Crippen molar-refractivity contribution in [1.82, 2.24) is 20.2 Å². The van der Waals surface area contributed by atoms with E-state index in [0.717, 1.165) is 23.1 Å². The zero-order valence-electron chi connectivity index (χ0n) is 16.8. The fraction of sp³-hybridized carbons (Fsp3) is 0.120. The number of tetrazole rings is 1. The van der Waals surface area contributed by atoms with Gasteiger partial charge in [-0.25, -0.2) is 4.79 Å². The molecule has 152 valence electrons. The van der Waals surface area contributed by atoms with Gasteiger partial charge in [-0.05, 0) is 40.1 Å². The summed E-state index contributed by atoms with van der Waals surface area (Å²) in [5, 5.41) is 21.7. The second-order valence-electron chi connectivity index (χ2n) is 7.04. The topological polar surface area (TPSA) is 80.9 Å². The Morgan fingerprint density at radius 3 is 2.29 bits per heavy atom. The lowest BCUT2D eigenvalue weighted by molar-refractivity contribution is 0.0697. The van der Waals surface area contributed by atoms with Crippen LogP contribution in [0.4, 0.5) is 0 Å². The van der Waals surface area contributed by atoms with Crippen molar-refractivity contribution >= 4 is 5.97 Å². The van der Waals surface area contributed by atoms with Crippen LogP contribution in [0.2, 0.25) is 0 Å². The molecule has 31 heavy (non-hydrogen) atoms. The van der Waals surface area contributed by atoms with Crippen molar-refractivity contribution in [2.45, 2.75) is 19.4 Å². The van der Waals surface area contributed by atoms with Gasteiger partial charge in [-0.3, -0.25) is 0 Å². The Balaban J connectivity index is 1.40. The van der Waals surface area contributed by atoms with E-state index in [-0.39, 0.29) is 5.56 Å². The number of rotatable bonds is 6. The van der Waals surface area contributed by atoms with Gasteiger partial charge in [-0.1, -0.05) is 72.5 Å². The van der Waals surface area contributed by atoms with Crippen molar-refractivity contribution in [3.63, 3.8) is 0 Å². The van der Waals surface area contributed by atoms with Crippen molar-refractivity contribution in [2.24, 2.45) is 0 Å². The predicted molar refractivity (Wildman–Crippen MR) is 117 cm³/mol. The Bertz CT molecular complexity index is 1240. The molecule has 0 fully saturated rings. The zero-order valence-corrected chi connectivity index (χ0v) is 16.8. The number of benzene rings is 3. The van der Waals surface area contributed by atoms with Gasteiger partial charge in [0.1, 0.15) is 0 Å². The summed E-state index contributed by atoms with van der Waals surface area (Å²) < 4.78 is 0. The molecule has 1 aromatic heterocycles. The molecule has 6 nitrogen and oxygen atoms in total. The van der Waals surface area contributed by atoms with Crippen LogP contribution in [-0.2, 0) is 19.4 Å². The van der Waals surface area contributed by atoms with Crippen LogP contribution in [-0.4, -0.2) is 31.3 Å². The lowest BCUT2D eigenvalue weighted by atomic mass is 10.1. The summed E-state index contributed by atoms with van der Waals surface area (Å²) in [5.74, 6) is 6.04. The minimum Gasteiger partial charge on any atom is -0.478 e. The zero-order chi connectivity index (χ0) is 21.5. The minimum absolute atomic E-state index is 0.250. The quantitative estimate of drug-likeness (QED) is 0.490. The summed E-state index contributed by atoms with van der Waals surface area (Å²) in [6.45, 7) is 0.414. The first-order chi connectivity index (χ1) is 15.2. The maximum Gasteiger partial charge on any atom is 0.335 e. The van der Waals surface area contributed by atoms with Gasteiger partial charge < -0.3 is 5.11 Å². The third-order valence-corrected chi connectivity index (χ3v) is 4.72. The molecule has 0 amide bonds. The van der Waals surface area contributed by atoms with E-state index in [1.165, 1.54) is 10.4 Å². The largest absolute Gasteiger partial charge is 0.478 e. The molecule has 4 aromatic rings. The van der Waals surface area contributed by atoms with Crippen LogP contribution in [0.5, 0.6) is 0 Å². The number of aromatic nitrogens is 4. The van der Waals surface area contributed by atoms with Gasteiger partial charge in [-0.15, -0.1) is 10.2 Å². The predicted octanol–water partition coefficient (Wildman–Crippen LogP) is 3.88. The normalized spacial score (nSPS) is 10.3. The van der Waals surface area contributed by atoms with Crippen LogP contribution in [0.3, 0.4) is 0 Å². The molecule has 0 aliphatic heterocycles. The number of hydrogen-bond donors (Lipinski definition) is 1. The van der Waals surface area contributed by atoms with Crippen LogP contribution >= 0.6 is 0 Å². The van der Waals surface area contributed by atoms with Crippen LogP contribution < -0.4 is 0 Å². The minimum atomic E-state index is -0.947. The molecule has 6 heteroatoms. The second-order valence-corrected chi connectivity index (χ2v) is 7.04. The van der Waals surface area contributed by atoms with E-state index in [1.807, 2.05) is 42.5 Å². The van der Waals surface area contributed by atoms with Crippen LogP contribution in [0.15, 0.2) is 78.9 Å². The number of nitrogens with zero attached hydrogens (tertiary/aromatic N) is 4. The summed E-state index contributed by atoms with van der Waals surface area (Å²) in [7, 11) is 0. The fourth-order valence-electron chi connectivity index (χ4n) is 3.09. The molecule has 0 spiro atoms. The summed E-state index contributed by atoms with van der Waals surface area (Å²) in [4.78, 5) is 12.5. The number of carboxylic acid groups (broad SMARTS) is 1. The molecule has 0 aliphatic carbocycles. The van der Waals surface area contributed by atoms with Crippen molar-refractivity contribution in [2.75, 3.05) is 0 Å². The maximum absolute atomic E-state index is 11.0. The van der Waals surface area contributed by atoms with E-state index in [1.54, 1.807) is 24.3 Å². The highest BCUT2D eigenvalue weighted by Crippen LogP contribution is 2.16. The van der Waals surface area contributed by atoms with E-state index < -0.39 is 5.97 Å². The maximum atomic E-state index is 11.0. The lowest BCUT2D eigenvalue weighted by Crippen LogP contribution is -2.04. The van der Waals surface area contributed by atoms with Crippen molar-refractivity contribution in [1.29, 1.82) is 0 Å². The summed E-state index contributed by atoms with van der Waals surface area (Å²) in [6, 6.07) is 24.8. The summed E-state index contributed by atoms with van der Waals surface area (Å²) in [6.07, 6.45) is 1.40. The van der Waals surface area contributed by atoms with E-state index >= 15 is 0 Å². The molecule has 3 aromatic carbocycles. The van der Waals surface area contributed by atoms with Crippen LogP contribution in [0.25, 0.3) is 11.4 Å². The van der Waals surface area contributed by atoms with E-state index in [0.29, 0.717) is 18.8 Å². The average Bonchev–Trinajstić information content (AvgIpc) is 3.27. The molecule has 0 saturated heterocycles. The number of hydrogen-bond acceptors (Lipinski definition) is 4. The highest BCUT2D eigenvalue weighted by atomic mass is 16.4. The highest BCUT2D eigenvalue weighted by molar-refractivity contribution is 5.87. The Labute approximate surface area is 180 Å². The molecule has 4 rings (SSSR count). The van der Waals surface area contributed by atoms with Gasteiger partial charge in [0.15, 0.2) is 0 Å². The van der Waals surface area contributed by atoms with Crippen molar-refractivity contribution in [3.8, 4) is 23.2 Å². The summed E-state index contributed by atoms with van der Waals surface area (Å²) in [5.41, 5.74) is 4.34. The Morgan fingerprint density at radius 1 is 0.839 bits per heavy atom. The molecule has 0 radical (unpaired) electrons. The first-order valence-electron chi connectivity index (χ1n) is 9.86. The van der Waals surface area contributed by atoms with Gasteiger partial charge in [0.2, 0.25) is 5.82 Å². The monoisotopic (exact) mass is 408 g/mol. The molecular formula is C25H20N4O2. The van der Waals surface area contributed by atoms with Gasteiger partial charge in [-0.2, -0.15) is 4.80 Å². The van der Waals surface area contributed by atoms with Gasteiger partial charge in [0.25, 0.3) is 0 Å². The van der Waals surface area contributed by atoms with Crippen LogP contribution in [0, 0.1) is 11.8 Å². The Hall–Kier alpha value is -4.24. The Kier molecular flexibility index (Phi) is 6.15. The molecule has 0 aliphatic rings. The smallest absolute Gasteiger partial charge is 0.335 e. The third kappa shape index (κ3) is 5.43. The number of carboxylic acids is 1. The van der Waals surface area contributed by atoms with Crippen molar-refractivity contribution < 1.29 is 9.90 Å². The Morgan fingerprint density at radius 2 is 1.55 bits per heavy atom. The van der Waals surface area contributed by atoms with Gasteiger partial charge >= 0.3 is 5.97 Å². The fourth-order valence-corrected chi connectivity index (χ4v) is 3.09. The molecule has 1 N–H and O–H groups in total. The van der Waals surface area contributed by atoms with Gasteiger partial charge in [0, 0.05) is 18.4 Å². The number of aromatic carboxylic acids is 1. The molecule has 0 unspecified atom stereocenters. The average molecular weight is 408 g/mol. The van der Waals surface area contributed by atoms with E-state index in [2.05, 4.69) is 39.4 Å². The molecule has 1 heterocycles. The summed E-state index contributed by atoms with van der Waals surface area (Å²) >= 11 is 0. The number of carbonyl (C=O) groups is 1. The second kappa shape index (κ2) is 9.51. The molecular weight excluding hydrogens is 388 g/mol. The van der Waals surface area contributed by atoms with Gasteiger partial charge in [0.05, 0.1) is 12.1 Å².